The summed E-state index contributed by atoms with van der Waals surface area (Å²) >= 11 is 0. The van der Waals surface area contributed by atoms with E-state index in [4.69, 9.17) is 11.5 Å². The Morgan fingerprint density at radius 2 is 1.20 bits per heavy atom. The molecule has 0 aromatic heterocycles. The lowest BCUT2D eigenvalue weighted by Gasteiger charge is -2.33. The smallest absolute Gasteiger partial charge is 0.109 e. The van der Waals surface area contributed by atoms with Crippen LogP contribution in [0.4, 0.5) is 0 Å². The van der Waals surface area contributed by atoms with Crippen LogP contribution in [-0.4, -0.2) is 23.3 Å². The number of hydrogen-bond donors (Lipinski definition) is 2. The Hall–Kier alpha value is -0.120. The van der Waals surface area contributed by atoms with Crippen molar-refractivity contribution >= 4 is 0 Å². The number of nitrogens with zero attached hydrogens (tertiary/aromatic N) is 1. The Balaban J connectivity index is 3.98. The second-order valence-electron chi connectivity index (χ2n) is 3.13. The molecule has 62 valence electrons. The first-order valence-electron chi connectivity index (χ1n) is 3.75. The maximum atomic E-state index is 5.54. The first kappa shape index (κ1) is 9.88. The topological polar surface area (TPSA) is 55.3 Å². The predicted octanol–water partition coefficient (Wildman–Crippen LogP) is 0.306. The van der Waals surface area contributed by atoms with Crippen molar-refractivity contribution in [3.63, 3.8) is 0 Å². The van der Waals surface area contributed by atoms with E-state index >= 15 is 0 Å². The lowest BCUT2D eigenvalue weighted by Crippen LogP contribution is -2.54. The molecule has 3 heteroatoms. The Labute approximate surface area is 63.4 Å². The van der Waals surface area contributed by atoms with Crippen molar-refractivity contribution in [3.8, 4) is 0 Å². The summed E-state index contributed by atoms with van der Waals surface area (Å²) in [5.74, 6) is 0. The molecule has 0 heterocycles. The van der Waals surface area contributed by atoms with Gasteiger partial charge < -0.3 is 11.5 Å². The second kappa shape index (κ2) is 3.91. The van der Waals surface area contributed by atoms with Gasteiger partial charge in [0, 0.05) is 12.1 Å². The molecule has 0 unspecified atom stereocenters. The second-order valence-corrected chi connectivity index (χ2v) is 3.13. The van der Waals surface area contributed by atoms with Crippen LogP contribution in [0.5, 0.6) is 0 Å². The lowest BCUT2D eigenvalue weighted by atomic mass is 10.2. The minimum atomic E-state index is -0.333. The third-order valence-corrected chi connectivity index (χ3v) is 1.54. The Morgan fingerprint density at radius 1 is 0.900 bits per heavy atom. The van der Waals surface area contributed by atoms with Gasteiger partial charge >= 0.3 is 0 Å². The molecule has 0 saturated carbocycles. The molecule has 0 rings (SSSR count). The molecule has 0 aliphatic rings. The minimum absolute atomic E-state index is 0.333. The normalized spacial score (nSPS) is 12.6. The Kier molecular flexibility index (Phi) is 3.86. The zero-order chi connectivity index (χ0) is 8.31. The van der Waals surface area contributed by atoms with Crippen LogP contribution in [0.1, 0.15) is 27.7 Å². The van der Waals surface area contributed by atoms with Gasteiger partial charge in [-0.1, -0.05) is 0 Å². The van der Waals surface area contributed by atoms with E-state index in [1.807, 2.05) is 0 Å². The summed E-state index contributed by atoms with van der Waals surface area (Å²) in [5, 5.41) is 0. The molecule has 0 amide bonds. The van der Waals surface area contributed by atoms with Crippen molar-refractivity contribution in [1.29, 1.82) is 0 Å². The minimum Gasteiger partial charge on any atom is -0.304 e. The van der Waals surface area contributed by atoms with E-state index in [0.29, 0.717) is 12.1 Å². The zero-order valence-corrected chi connectivity index (χ0v) is 7.33. The Morgan fingerprint density at radius 3 is 1.20 bits per heavy atom. The first-order chi connectivity index (χ1) is 4.46. The van der Waals surface area contributed by atoms with Gasteiger partial charge in [-0.3, -0.25) is 4.90 Å². The van der Waals surface area contributed by atoms with Crippen LogP contribution in [0.2, 0.25) is 0 Å². The van der Waals surface area contributed by atoms with Crippen molar-refractivity contribution in [2.24, 2.45) is 11.5 Å². The summed E-state index contributed by atoms with van der Waals surface area (Å²) in [7, 11) is 0. The number of nitrogens with two attached hydrogens (primary N) is 2. The number of rotatable bonds is 3. The fourth-order valence-electron chi connectivity index (χ4n) is 1.28. The number of hydrogen-bond acceptors (Lipinski definition) is 3. The van der Waals surface area contributed by atoms with Gasteiger partial charge in [0.05, 0.1) is 0 Å². The van der Waals surface area contributed by atoms with Crippen LogP contribution in [0.15, 0.2) is 0 Å². The van der Waals surface area contributed by atoms with E-state index in [9.17, 15) is 0 Å². The van der Waals surface area contributed by atoms with E-state index in [1.165, 1.54) is 0 Å². The molecule has 0 aromatic carbocycles. The standard InChI is InChI=1S/C7H19N3/c1-5(2)10(6(3)4)7(8)9/h5-7H,8-9H2,1-4H3. The molecular formula is C7H19N3. The van der Waals surface area contributed by atoms with E-state index in [2.05, 4.69) is 32.6 Å². The summed E-state index contributed by atoms with van der Waals surface area (Å²) in [5.41, 5.74) is 11.1. The van der Waals surface area contributed by atoms with Crippen LogP contribution >= 0.6 is 0 Å². The third-order valence-electron chi connectivity index (χ3n) is 1.54. The van der Waals surface area contributed by atoms with Gasteiger partial charge in [0.2, 0.25) is 0 Å². The quantitative estimate of drug-likeness (QED) is 0.562. The molecule has 0 aromatic rings. The monoisotopic (exact) mass is 145 g/mol. The molecule has 0 bridgehead atoms. The van der Waals surface area contributed by atoms with Crippen LogP contribution in [0.3, 0.4) is 0 Å². The predicted molar refractivity (Wildman–Crippen MR) is 44.3 cm³/mol. The molecule has 0 saturated heterocycles. The van der Waals surface area contributed by atoms with Crippen LogP contribution in [0.25, 0.3) is 0 Å². The molecule has 0 atom stereocenters. The Bertz CT molecular complexity index is 69.8. The van der Waals surface area contributed by atoms with Gasteiger partial charge in [-0.2, -0.15) is 0 Å². The molecule has 0 aliphatic heterocycles. The van der Waals surface area contributed by atoms with E-state index in [0.717, 1.165) is 0 Å². The van der Waals surface area contributed by atoms with Crippen molar-refractivity contribution in [1.82, 2.24) is 4.90 Å². The molecule has 0 aliphatic carbocycles. The van der Waals surface area contributed by atoms with Crippen LogP contribution in [0, 0.1) is 0 Å². The molecule has 4 N–H and O–H groups in total. The largest absolute Gasteiger partial charge is 0.304 e. The van der Waals surface area contributed by atoms with Crippen molar-refractivity contribution < 1.29 is 0 Å². The molecule has 0 fully saturated rings. The molecule has 0 radical (unpaired) electrons. The molecule has 0 spiro atoms. The highest BCUT2D eigenvalue weighted by molar-refractivity contribution is 4.68. The fourth-order valence-corrected chi connectivity index (χ4v) is 1.28. The summed E-state index contributed by atoms with van der Waals surface area (Å²) < 4.78 is 0. The molecular weight excluding hydrogens is 126 g/mol. The van der Waals surface area contributed by atoms with Crippen LogP contribution in [-0.2, 0) is 0 Å². The van der Waals surface area contributed by atoms with E-state index in [1.54, 1.807) is 0 Å². The van der Waals surface area contributed by atoms with Crippen LogP contribution < -0.4 is 11.5 Å². The first-order valence-corrected chi connectivity index (χ1v) is 3.75. The average molecular weight is 145 g/mol. The van der Waals surface area contributed by atoms with Gasteiger partial charge in [0.25, 0.3) is 0 Å². The highest BCUT2D eigenvalue weighted by Crippen LogP contribution is 2.03. The summed E-state index contributed by atoms with van der Waals surface area (Å²) in [6.07, 6.45) is -0.333. The van der Waals surface area contributed by atoms with Gasteiger partial charge in [-0.05, 0) is 27.7 Å². The van der Waals surface area contributed by atoms with Crippen molar-refractivity contribution in [3.05, 3.63) is 0 Å². The van der Waals surface area contributed by atoms with Crippen molar-refractivity contribution in [2.45, 2.75) is 46.1 Å². The maximum absolute atomic E-state index is 5.54. The van der Waals surface area contributed by atoms with Gasteiger partial charge in [0.15, 0.2) is 0 Å². The molecule has 10 heavy (non-hydrogen) atoms. The van der Waals surface area contributed by atoms with Crippen molar-refractivity contribution in [2.75, 3.05) is 0 Å². The fraction of sp³-hybridized carbons (Fsp3) is 1.00. The van der Waals surface area contributed by atoms with Gasteiger partial charge in [-0.25, -0.2) is 0 Å². The zero-order valence-electron chi connectivity index (χ0n) is 7.33. The third kappa shape index (κ3) is 2.64. The lowest BCUT2D eigenvalue weighted by molar-refractivity contribution is 0.119. The highest BCUT2D eigenvalue weighted by atomic mass is 15.3. The van der Waals surface area contributed by atoms with E-state index < -0.39 is 0 Å². The summed E-state index contributed by atoms with van der Waals surface area (Å²) in [6, 6.07) is 0.833. The molecule has 3 nitrogen and oxygen atoms in total. The SMILES string of the molecule is CC(C)N(C(C)C)C(N)N. The van der Waals surface area contributed by atoms with Gasteiger partial charge in [-0.15, -0.1) is 0 Å². The van der Waals surface area contributed by atoms with E-state index in [-0.39, 0.29) is 6.29 Å². The highest BCUT2D eigenvalue weighted by Gasteiger charge is 2.16. The average Bonchev–Trinajstić information content (AvgIpc) is 1.59. The summed E-state index contributed by atoms with van der Waals surface area (Å²) in [6.45, 7) is 8.36. The maximum Gasteiger partial charge on any atom is 0.109 e. The summed E-state index contributed by atoms with van der Waals surface area (Å²) in [4.78, 5) is 2.06. The van der Waals surface area contributed by atoms with Gasteiger partial charge in [0.1, 0.15) is 6.29 Å².